The molecule has 6 heteroatoms. The highest BCUT2D eigenvalue weighted by atomic mass is 35.5. The molecule has 2 aromatic rings. The van der Waals surface area contributed by atoms with Crippen molar-refractivity contribution in [3.8, 4) is 11.1 Å². The molecule has 0 amide bonds. The third kappa shape index (κ3) is 4.03. The molecule has 0 fully saturated rings. The van der Waals surface area contributed by atoms with Gasteiger partial charge in [0, 0.05) is 23.7 Å². The van der Waals surface area contributed by atoms with Crippen LogP contribution in [-0.4, -0.2) is 33.8 Å². The highest BCUT2D eigenvalue weighted by molar-refractivity contribution is 6.30. The van der Waals surface area contributed by atoms with Crippen LogP contribution in [0.25, 0.3) is 11.1 Å². The number of aromatic nitrogens is 2. The minimum Gasteiger partial charge on any atom is -0.383 e. The van der Waals surface area contributed by atoms with Crippen LogP contribution in [0.5, 0.6) is 0 Å². The van der Waals surface area contributed by atoms with Crippen molar-refractivity contribution >= 4 is 29.2 Å². The van der Waals surface area contributed by atoms with Gasteiger partial charge in [-0.3, -0.25) is 0 Å². The zero-order chi connectivity index (χ0) is 17.7. The minimum absolute atomic E-state index is 0.409. The molecule has 1 aromatic heterocycles. The van der Waals surface area contributed by atoms with E-state index in [1.807, 2.05) is 38.1 Å². The molecule has 0 aliphatic carbocycles. The van der Waals surface area contributed by atoms with Crippen molar-refractivity contribution in [2.24, 2.45) is 4.99 Å². The number of halogens is 1. The summed E-state index contributed by atoms with van der Waals surface area (Å²) >= 11 is 5.97. The van der Waals surface area contributed by atoms with Crippen LogP contribution >= 0.6 is 11.6 Å². The molecule has 2 N–H and O–H groups in total. The second kappa shape index (κ2) is 8.11. The van der Waals surface area contributed by atoms with Crippen LogP contribution in [0, 0.1) is 0 Å². The molecule has 0 saturated carbocycles. The number of hydrogen-bond donors (Lipinski definition) is 1. The molecule has 24 heavy (non-hydrogen) atoms. The van der Waals surface area contributed by atoms with Gasteiger partial charge in [0.25, 0.3) is 5.95 Å². The van der Waals surface area contributed by atoms with E-state index in [0.29, 0.717) is 16.8 Å². The standard InChI is InChI=1S/C18H24ClN5/c1-5-15-16(13-8-10-14(19)11-9-13)17(20)23-18(22-15)21-12(4)24(6-2)7-3/h8-11H,5-7H2,1-4H3,(H2,20,22,23)/b21-12-. The number of amidine groups is 1. The summed E-state index contributed by atoms with van der Waals surface area (Å²) in [7, 11) is 0. The van der Waals surface area contributed by atoms with Crippen LogP contribution in [0.1, 0.15) is 33.4 Å². The number of aryl methyl sites for hydroxylation is 1. The maximum atomic E-state index is 6.22. The number of rotatable bonds is 5. The Hall–Kier alpha value is -2.14. The molecule has 0 unspecified atom stereocenters. The molecule has 0 spiro atoms. The number of aliphatic imine (C=N–C) groups is 1. The summed E-state index contributed by atoms with van der Waals surface area (Å²) in [6.07, 6.45) is 0.748. The topological polar surface area (TPSA) is 67.4 Å². The molecule has 1 heterocycles. The van der Waals surface area contributed by atoms with E-state index in [1.165, 1.54) is 0 Å². The minimum atomic E-state index is 0.409. The Morgan fingerprint density at radius 2 is 1.75 bits per heavy atom. The van der Waals surface area contributed by atoms with Crippen molar-refractivity contribution in [2.75, 3.05) is 18.8 Å². The molecule has 0 bridgehead atoms. The average molecular weight is 346 g/mol. The van der Waals surface area contributed by atoms with Gasteiger partial charge in [-0.05, 0) is 44.9 Å². The molecular weight excluding hydrogens is 322 g/mol. The van der Waals surface area contributed by atoms with E-state index in [4.69, 9.17) is 17.3 Å². The largest absolute Gasteiger partial charge is 0.383 e. The number of nitrogen functional groups attached to an aromatic ring is 1. The van der Waals surface area contributed by atoms with Crippen LogP contribution in [0.2, 0.25) is 5.02 Å². The van der Waals surface area contributed by atoms with E-state index in [-0.39, 0.29) is 0 Å². The Balaban J connectivity index is 2.47. The van der Waals surface area contributed by atoms with E-state index >= 15 is 0 Å². The first-order valence-electron chi connectivity index (χ1n) is 8.22. The van der Waals surface area contributed by atoms with Crippen molar-refractivity contribution in [1.82, 2.24) is 14.9 Å². The Bertz CT molecular complexity index is 721. The smallest absolute Gasteiger partial charge is 0.253 e. The number of benzene rings is 1. The third-order valence-electron chi connectivity index (χ3n) is 3.95. The summed E-state index contributed by atoms with van der Waals surface area (Å²) in [5.41, 5.74) is 8.92. The highest BCUT2D eigenvalue weighted by Gasteiger charge is 2.14. The molecule has 0 aliphatic rings. The fourth-order valence-corrected chi connectivity index (χ4v) is 2.77. The van der Waals surface area contributed by atoms with E-state index in [1.54, 1.807) is 0 Å². The van der Waals surface area contributed by atoms with Gasteiger partial charge in [-0.2, -0.15) is 9.98 Å². The van der Waals surface area contributed by atoms with E-state index < -0.39 is 0 Å². The van der Waals surface area contributed by atoms with Crippen LogP contribution in [-0.2, 0) is 6.42 Å². The number of nitrogens with two attached hydrogens (primary N) is 1. The fraction of sp³-hybridized carbons (Fsp3) is 0.389. The zero-order valence-electron chi connectivity index (χ0n) is 14.7. The summed E-state index contributed by atoms with van der Waals surface area (Å²) in [4.78, 5) is 15.7. The molecule has 0 radical (unpaired) electrons. The van der Waals surface area contributed by atoms with Gasteiger partial charge in [-0.25, -0.2) is 4.98 Å². The summed E-state index contributed by atoms with van der Waals surface area (Å²) in [6.45, 7) is 9.99. The predicted octanol–water partition coefficient (Wildman–Crippen LogP) is 4.33. The fourth-order valence-electron chi connectivity index (χ4n) is 2.65. The summed E-state index contributed by atoms with van der Waals surface area (Å²) in [5, 5.41) is 0.687. The van der Waals surface area contributed by atoms with Gasteiger partial charge in [-0.15, -0.1) is 0 Å². The molecule has 128 valence electrons. The van der Waals surface area contributed by atoms with Crippen molar-refractivity contribution < 1.29 is 0 Å². The lowest BCUT2D eigenvalue weighted by Crippen LogP contribution is -2.28. The lowest BCUT2D eigenvalue weighted by atomic mass is 10.0. The van der Waals surface area contributed by atoms with Crippen molar-refractivity contribution in [2.45, 2.75) is 34.1 Å². The summed E-state index contributed by atoms with van der Waals surface area (Å²) in [5.74, 6) is 1.74. The van der Waals surface area contributed by atoms with Gasteiger partial charge < -0.3 is 10.6 Å². The monoisotopic (exact) mass is 345 g/mol. The Morgan fingerprint density at radius 1 is 1.12 bits per heavy atom. The maximum absolute atomic E-state index is 6.22. The van der Waals surface area contributed by atoms with Gasteiger partial charge in [0.15, 0.2) is 0 Å². The first-order valence-corrected chi connectivity index (χ1v) is 8.60. The lowest BCUT2D eigenvalue weighted by Gasteiger charge is -2.20. The molecule has 5 nitrogen and oxygen atoms in total. The van der Waals surface area contributed by atoms with Crippen molar-refractivity contribution in [1.29, 1.82) is 0 Å². The molecule has 2 rings (SSSR count). The van der Waals surface area contributed by atoms with Gasteiger partial charge in [0.1, 0.15) is 11.7 Å². The van der Waals surface area contributed by atoms with Crippen LogP contribution in [0.15, 0.2) is 29.3 Å². The normalized spacial score (nSPS) is 11.6. The van der Waals surface area contributed by atoms with E-state index in [0.717, 1.165) is 42.2 Å². The van der Waals surface area contributed by atoms with Gasteiger partial charge >= 0.3 is 0 Å². The van der Waals surface area contributed by atoms with E-state index in [9.17, 15) is 0 Å². The van der Waals surface area contributed by atoms with Gasteiger partial charge in [0.05, 0.1) is 5.69 Å². The maximum Gasteiger partial charge on any atom is 0.253 e. The molecule has 1 aromatic carbocycles. The van der Waals surface area contributed by atoms with Crippen LogP contribution in [0.3, 0.4) is 0 Å². The Labute approximate surface area is 148 Å². The first kappa shape index (κ1) is 18.2. The van der Waals surface area contributed by atoms with Gasteiger partial charge in [-0.1, -0.05) is 30.7 Å². The quantitative estimate of drug-likeness (QED) is 0.646. The molecule has 0 saturated heterocycles. The first-order chi connectivity index (χ1) is 11.5. The second-order valence-corrected chi connectivity index (χ2v) is 5.86. The number of nitrogens with zero attached hydrogens (tertiary/aromatic N) is 4. The Kier molecular flexibility index (Phi) is 6.15. The second-order valence-electron chi connectivity index (χ2n) is 5.42. The average Bonchev–Trinajstić information content (AvgIpc) is 2.56. The summed E-state index contributed by atoms with van der Waals surface area (Å²) in [6, 6.07) is 7.54. The third-order valence-corrected chi connectivity index (χ3v) is 4.20. The lowest BCUT2D eigenvalue weighted by molar-refractivity contribution is 0.463. The number of anilines is 1. The van der Waals surface area contributed by atoms with Crippen LogP contribution in [0.4, 0.5) is 11.8 Å². The molecule has 0 aliphatic heterocycles. The van der Waals surface area contributed by atoms with E-state index in [2.05, 4.69) is 33.7 Å². The highest BCUT2D eigenvalue weighted by Crippen LogP contribution is 2.30. The SMILES string of the molecule is CCc1nc(/N=C(/C)N(CC)CC)nc(N)c1-c1ccc(Cl)cc1. The number of hydrogen-bond acceptors (Lipinski definition) is 4. The van der Waals surface area contributed by atoms with Crippen molar-refractivity contribution in [3.05, 3.63) is 35.0 Å². The zero-order valence-corrected chi connectivity index (χ0v) is 15.4. The van der Waals surface area contributed by atoms with Gasteiger partial charge in [0.2, 0.25) is 0 Å². The Morgan fingerprint density at radius 3 is 2.29 bits per heavy atom. The van der Waals surface area contributed by atoms with Crippen LogP contribution < -0.4 is 5.73 Å². The molecular formula is C18H24ClN5. The predicted molar refractivity (Wildman–Crippen MR) is 102 cm³/mol. The molecule has 0 atom stereocenters. The van der Waals surface area contributed by atoms with Crippen molar-refractivity contribution in [3.63, 3.8) is 0 Å². The summed E-state index contributed by atoms with van der Waals surface area (Å²) < 4.78 is 0.